The second kappa shape index (κ2) is 7.23. The van der Waals surface area contributed by atoms with Gasteiger partial charge in [0, 0.05) is 14.1 Å². The number of hydrogen-bond acceptors (Lipinski definition) is 5. The van der Waals surface area contributed by atoms with Crippen LogP contribution in [-0.2, 0) is 7.05 Å². The number of fused-ring (bicyclic) bond motifs is 1. The lowest BCUT2D eigenvalue weighted by molar-refractivity contribution is 0.0964. The fourth-order valence-corrected chi connectivity index (χ4v) is 3.29. The van der Waals surface area contributed by atoms with Crippen molar-refractivity contribution in [3.8, 4) is 11.5 Å². The highest BCUT2D eigenvalue weighted by Gasteiger charge is 2.21. The summed E-state index contributed by atoms with van der Waals surface area (Å²) in [6.45, 7) is 1.83. The van der Waals surface area contributed by atoms with Crippen molar-refractivity contribution in [1.29, 1.82) is 0 Å². The maximum absolute atomic E-state index is 13.2. The molecular formula is C21H19N5O3. The highest BCUT2D eigenvalue weighted by Crippen LogP contribution is 2.28. The van der Waals surface area contributed by atoms with E-state index in [1.54, 1.807) is 67.5 Å². The maximum Gasteiger partial charge on any atom is 0.256 e. The van der Waals surface area contributed by atoms with Crippen LogP contribution < -0.4 is 10.6 Å². The fraction of sp³-hybridized carbons (Fsp3) is 0.143. The molecule has 1 aromatic carbocycles. The molecule has 3 heterocycles. The minimum Gasteiger partial charge on any atom is -0.463 e. The molecule has 0 aliphatic carbocycles. The van der Waals surface area contributed by atoms with Crippen LogP contribution in [-0.4, -0.2) is 33.6 Å². The Kier molecular flexibility index (Phi) is 4.59. The van der Waals surface area contributed by atoms with Crippen LogP contribution in [0.1, 0.15) is 26.4 Å². The molecule has 0 saturated carbocycles. The normalized spacial score (nSPS) is 10.9. The van der Waals surface area contributed by atoms with E-state index in [4.69, 9.17) is 4.42 Å². The Morgan fingerprint density at radius 1 is 1.07 bits per heavy atom. The number of amides is 2. The SMILES string of the molecule is CNC(=O)c1ccccc1NC(=O)c1cc(-c2ccco2)nc2c1c(C)nn2C. The zero-order valence-corrected chi connectivity index (χ0v) is 16.2. The van der Waals surface area contributed by atoms with Gasteiger partial charge in [0.1, 0.15) is 5.69 Å². The monoisotopic (exact) mass is 389 g/mol. The predicted molar refractivity (Wildman–Crippen MR) is 109 cm³/mol. The zero-order chi connectivity index (χ0) is 20.5. The third-order valence-corrected chi connectivity index (χ3v) is 4.63. The van der Waals surface area contributed by atoms with Crippen molar-refractivity contribution in [2.45, 2.75) is 6.92 Å². The number of para-hydroxylation sites is 1. The molecule has 4 aromatic rings. The number of furan rings is 1. The number of carbonyl (C=O) groups is 2. The van der Waals surface area contributed by atoms with E-state index in [-0.39, 0.29) is 11.8 Å². The highest BCUT2D eigenvalue weighted by atomic mass is 16.3. The fourth-order valence-electron chi connectivity index (χ4n) is 3.29. The number of carbonyl (C=O) groups excluding carboxylic acids is 2. The van der Waals surface area contributed by atoms with Gasteiger partial charge < -0.3 is 15.1 Å². The maximum atomic E-state index is 13.2. The van der Waals surface area contributed by atoms with Crippen molar-refractivity contribution in [3.05, 3.63) is 65.5 Å². The molecular weight excluding hydrogens is 370 g/mol. The van der Waals surface area contributed by atoms with Gasteiger partial charge in [0.15, 0.2) is 11.4 Å². The predicted octanol–water partition coefficient (Wildman–Crippen LogP) is 3.15. The number of nitrogens with zero attached hydrogens (tertiary/aromatic N) is 3. The largest absolute Gasteiger partial charge is 0.463 e. The van der Waals surface area contributed by atoms with Crippen LogP contribution in [0.5, 0.6) is 0 Å². The molecule has 146 valence electrons. The Balaban J connectivity index is 1.83. The minimum absolute atomic E-state index is 0.283. The molecule has 0 saturated heterocycles. The third kappa shape index (κ3) is 3.25. The van der Waals surface area contributed by atoms with Crippen molar-refractivity contribution in [2.24, 2.45) is 7.05 Å². The zero-order valence-electron chi connectivity index (χ0n) is 16.2. The summed E-state index contributed by atoms with van der Waals surface area (Å²) in [5.41, 5.74) is 2.98. The molecule has 0 radical (unpaired) electrons. The van der Waals surface area contributed by atoms with Gasteiger partial charge in [-0.1, -0.05) is 12.1 Å². The van der Waals surface area contributed by atoms with Gasteiger partial charge in [0.25, 0.3) is 11.8 Å². The van der Waals surface area contributed by atoms with Crippen molar-refractivity contribution < 1.29 is 14.0 Å². The van der Waals surface area contributed by atoms with E-state index in [1.807, 2.05) is 6.92 Å². The van der Waals surface area contributed by atoms with E-state index >= 15 is 0 Å². The Morgan fingerprint density at radius 3 is 2.59 bits per heavy atom. The molecule has 0 atom stereocenters. The van der Waals surface area contributed by atoms with Crippen molar-refractivity contribution in [1.82, 2.24) is 20.1 Å². The first-order chi connectivity index (χ1) is 14.0. The molecule has 8 heteroatoms. The summed E-state index contributed by atoms with van der Waals surface area (Å²) in [7, 11) is 3.32. The topological polar surface area (TPSA) is 102 Å². The first kappa shape index (κ1) is 18.4. The number of nitrogens with one attached hydrogen (secondary N) is 2. The van der Waals surface area contributed by atoms with Gasteiger partial charge in [-0.2, -0.15) is 5.10 Å². The van der Waals surface area contributed by atoms with Crippen LogP contribution in [0.4, 0.5) is 5.69 Å². The second-order valence-electron chi connectivity index (χ2n) is 6.52. The lowest BCUT2D eigenvalue weighted by atomic mass is 10.1. The summed E-state index contributed by atoms with van der Waals surface area (Å²) in [4.78, 5) is 30.0. The molecule has 0 spiro atoms. The molecule has 0 aliphatic heterocycles. The minimum atomic E-state index is -0.363. The number of hydrogen-bond donors (Lipinski definition) is 2. The first-order valence-corrected chi connectivity index (χ1v) is 9.00. The van der Waals surface area contributed by atoms with Crippen LogP contribution in [0.3, 0.4) is 0 Å². The third-order valence-electron chi connectivity index (χ3n) is 4.63. The standard InChI is InChI=1S/C21H19N5O3/c1-12-18-14(21(28)24-15-8-5-4-7-13(15)20(27)22-2)11-16(17-9-6-10-29-17)23-19(18)26(3)25-12/h4-11H,1-3H3,(H,22,27)(H,24,28). The molecule has 4 rings (SSSR count). The van der Waals surface area contributed by atoms with Crippen LogP contribution in [0.15, 0.2) is 53.1 Å². The summed E-state index contributed by atoms with van der Waals surface area (Å²) in [5, 5.41) is 10.5. The number of aryl methyl sites for hydroxylation is 2. The van der Waals surface area contributed by atoms with E-state index < -0.39 is 0 Å². The number of rotatable bonds is 4. The van der Waals surface area contributed by atoms with Crippen LogP contribution in [0.25, 0.3) is 22.5 Å². The van der Waals surface area contributed by atoms with Gasteiger partial charge in [-0.3, -0.25) is 14.3 Å². The average Bonchev–Trinajstić information content (AvgIpc) is 3.36. The number of aromatic nitrogens is 3. The number of benzene rings is 1. The van der Waals surface area contributed by atoms with Crippen molar-refractivity contribution >= 4 is 28.5 Å². The Morgan fingerprint density at radius 2 is 1.86 bits per heavy atom. The molecule has 0 bridgehead atoms. The molecule has 0 fully saturated rings. The summed E-state index contributed by atoms with van der Waals surface area (Å²) >= 11 is 0. The van der Waals surface area contributed by atoms with Crippen LogP contribution >= 0.6 is 0 Å². The van der Waals surface area contributed by atoms with E-state index in [9.17, 15) is 9.59 Å². The summed E-state index contributed by atoms with van der Waals surface area (Å²) < 4.78 is 7.09. The molecule has 0 aliphatic rings. The molecule has 0 unspecified atom stereocenters. The summed E-state index contributed by atoms with van der Waals surface area (Å²) in [5.74, 6) is -0.0992. The average molecular weight is 389 g/mol. The second-order valence-corrected chi connectivity index (χ2v) is 6.52. The number of anilines is 1. The quantitative estimate of drug-likeness (QED) is 0.558. The molecule has 29 heavy (non-hydrogen) atoms. The first-order valence-electron chi connectivity index (χ1n) is 9.00. The van der Waals surface area contributed by atoms with Gasteiger partial charge in [-0.05, 0) is 37.3 Å². The van der Waals surface area contributed by atoms with Gasteiger partial charge in [-0.15, -0.1) is 0 Å². The molecule has 2 N–H and O–H groups in total. The summed E-state index contributed by atoms with van der Waals surface area (Å²) in [6, 6.07) is 12.0. The number of pyridine rings is 1. The van der Waals surface area contributed by atoms with Crippen LogP contribution in [0.2, 0.25) is 0 Å². The van der Waals surface area contributed by atoms with Gasteiger partial charge >= 0.3 is 0 Å². The lowest BCUT2D eigenvalue weighted by Crippen LogP contribution is -2.21. The smallest absolute Gasteiger partial charge is 0.256 e. The van der Waals surface area contributed by atoms with E-state index in [2.05, 4.69) is 20.7 Å². The van der Waals surface area contributed by atoms with Crippen LogP contribution in [0, 0.1) is 6.92 Å². The van der Waals surface area contributed by atoms with Gasteiger partial charge in [-0.25, -0.2) is 4.98 Å². The van der Waals surface area contributed by atoms with Gasteiger partial charge in [0.2, 0.25) is 0 Å². The van der Waals surface area contributed by atoms with Crippen molar-refractivity contribution in [3.63, 3.8) is 0 Å². The van der Waals surface area contributed by atoms with E-state index in [0.29, 0.717) is 45.0 Å². The lowest BCUT2D eigenvalue weighted by Gasteiger charge is -2.11. The Labute approximate surface area is 166 Å². The molecule has 2 amide bonds. The Bertz CT molecular complexity index is 1220. The van der Waals surface area contributed by atoms with Crippen molar-refractivity contribution in [2.75, 3.05) is 12.4 Å². The van der Waals surface area contributed by atoms with E-state index in [1.165, 1.54) is 0 Å². The van der Waals surface area contributed by atoms with E-state index in [0.717, 1.165) is 0 Å². The Hall–Kier alpha value is -3.94. The van der Waals surface area contributed by atoms with Gasteiger partial charge in [0.05, 0.1) is 34.2 Å². The highest BCUT2D eigenvalue weighted by molar-refractivity contribution is 6.15. The molecule has 8 nitrogen and oxygen atoms in total. The summed E-state index contributed by atoms with van der Waals surface area (Å²) in [6.07, 6.45) is 1.55. The molecule has 3 aromatic heterocycles.